The van der Waals surface area contributed by atoms with E-state index >= 15 is 0 Å². The molecule has 0 aromatic heterocycles. The summed E-state index contributed by atoms with van der Waals surface area (Å²) in [6.45, 7) is 4.54. The van der Waals surface area contributed by atoms with Crippen LogP contribution in [0.5, 0.6) is 0 Å². The van der Waals surface area contributed by atoms with Crippen molar-refractivity contribution >= 4 is 0 Å². The van der Waals surface area contributed by atoms with Crippen LogP contribution in [-0.2, 0) is 6.42 Å². The van der Waals surface area contributed by atoms with Crippen molar-refractivity contribution in [1.29, 1.82) is 0 Å². The summed E-state index contributed by atoms with van der Waals surface area (Å²) in [6, 6.07) is 17.8. The Morgan fingerprint density at radius 3 is 2.06 bits per heavy atom. The van der Waals surface area contributed by atoms with Gasteiger partial charge in [0.05, 0.1) is 0 Å². The molecule has 0 amide bonds. The van der Waals surface area contributed by atoms with Crippen LogP contribution < -0.4 is 0 Å². The Morgan fingerprint density at radius 2 is 1.42 bits per heavy atom. The zero-order valence-electron chi connectivity index (χ0n) is 19.8. The Labute approximate surface area is 191 Å². The van der Waals surface area contributed by atoms with Gasteiger partial charge in [0.15, 0.2) is 0 Å². The largest absolute Gasteiger partial charge is 0.0726 e. The second kappa shape index (κ2) is 13.2. The van der Waals surface area contributed by atoms with Gasteiger partial charge in [-0.05, 0) is 72.4 Å². The first-order valence-corrected chi connectivity index (χ1v) is 12.7. The third kappa shape index (κ3) is 8.06. The summed E-state index contributed by atoms with van der Waals surface area (Å²) < 4.78 is 0. The Hall–Kier alpha value is -2.26. The number of aryl methyl sites for hydroxylation is 1. The van der Waals surface area contributed by atoms with Crippen LogP contribution in [0.25, 0.3) is 11.1 Å². The molecule has 1 unspecified atom stereocenters. The first kappa shape index (κ1) is 23.4. The van der Waals surface area contributed by atoms with Gasteiger partial charge >= 0.3 is 0 Å². The van der Waals surface area contributed by atoms with Crippen LogP contribution >= 0.6 is 0 Å². The van der Waals surface area contributed by atoms with Crippen LogP contribution in [0.3, 0.4) is 0 Å². The maximum Gasteiger partial charge on any atom is 0.0249 e. The minimum atomic E-state index is 0.889. The van der Waals surface area contributed by atoms with E-state index in [1.54, 1.807) is 0 Å². The van der Waals surface area contributed by atoms with Gasteiger partial charge in [-0.2, -0.15) is 0 Å². The molecule has 0 N–H and O–H groups in total. The zero-order valence-corrected chi connectivity index (χ0v) is 19.8. The van der Waals surface area contributed by atoms with Gasteiger partial charge in [-0.25, -0.2) is 0 Å². The van der Waals surface area contributed by atoms with Crippen molar-refractivity contribution in [2.24, 2.45) is 5.92 Å². The van der Waals surface area contributed by atoms with Gasteiger partial charge in [0.25, 0.3) is 0 Å². The smallest absolute Gasteiger partial charge is 0.0249 e. The lowest BCUT2D eigenvalue weighted by molar-refractivity contribution is 0.417. The fraction of sp³-hybridized carbons (Fsp3) is 0.484. The van der Waals surface area contributed by atoms with Crippen molar-refractivity contribution in [1.82, 2.24) is 0 Å². The predicted octanol–water partition coefficient (Wildman–Crippen LogP) is 9.13. The summed E-state index contributed by atoms with van der Waals surface area (Å²) in [5.74, 6) is 7.71. The van der Waals surface area contributed by atoms with Gasteiger partial charge in [-0.1, -0.05) is 113 Å². The van der Waals surface area contributed by atoms with E-state index in [0.717, 1.165) is 17.9 Å². The molecular weight excluding hydrogens is 372 g/mol. The number of benzene rings is 2. The molecule has 3 rings (SSSR count). The van der Waals surface area contributed by atoms with Gasteiger partial charge in [0.2, 0.25) is 0 Å². The molecule has 0 bridgehead atoms. The Morgan fingerprint density at radius 1 is 0.742 bits per heavy atom. The van der Waals surface area contributed by atoms with E-state index in [1.807, 2.05) is 0 Å². The van der Waals surface area contributed by atoms with Crippen molar-refractivity contribution in [2.45, 2.75) is 90.9 Å². The molecule has 1 aliphatic carbocycles. The molecular formula is C31H40. The average molecular weight is 413 g/mol. The van der Waals surface area contributed by atoms with Crippen molar-refractivity contribution in [3.05, 3.63) is 71.3 Å². The first-order chi connectivity index (χ1) is 15.3. The van der Waals surface area contributed by atoms with Crippen molar-refractivity contribution < 1.29 is 0 Å². The highest BCUT2D eigenvalue weighted by molar-refractivity contribution is 5.64. The van der Waals surface area contributed by atoms with E-state index < -0.39 is 0 Å². The second-order valence-corrected chi connectivity index (χ2v) is 9.20. The molecule has 0 fully saturated rings. The normalized spacial score (nSPS) is 15.8. The molecule has 0 spiro atoms. The van der Waals surface area contributed by atoms with Gasteiger partial charge in [0, 0.05) is 5.56 Å². The molecule has 0 saturated heterocycles. The zero-order chi connectivity index (χ0) is 21.7. The molecule has 2 aromatic rings. The van der Waals surface area contributed by atoms with E-state index in [2.05, 4.69) is 80.3 Å². The van der Waals surface area contributed by atoms with Crippen LogP contribution in [0, 0.1) is 17.8 Å². The topological polar surface area (TPSA) is 0 Å². The third-order valence-electron chi connectivity index (χ3n) is 6.59. The summed E-state index contributed by atoms with van der Waals surface area (Å²) in [6.07, 6.45) is 18.1. The SMILES string of the molecule is CCCCCCC1CC=C(C#Cc2ccc(-c3ccc(CCCCC)cc3)cc2)CC1. The Bertz CT molecular complexity index is 855. The monoisotopic (exact) mass is 412 g/mol. The minimum absolute atomic E-state index is 0.889. The van der Waals surface area contributed by atoms with E-state index in [9.17, 15) is 0 Å². The summed E-state index contributed by atoms with van der Waals surface area (Å²) in [5.41, 5.74) is 6.46. The Balaban J connectivity index is 1.50. The molecule has 0 heterocycles. The van der Waals surface area contributed by atoms with Gasteiger partial charge in [-0.15, -0.1) is 0 Å². The van der Waals surface area contributed by atoms with E-state index in [4.69, 9.17) is 0 Å². The Kier molecular flexibility index (Phi) is 9.98. The summed E-state index contributed by atoms with van der Waals surface area (Å²) >= 11 is 0. The standard InChI is InChI=1S/C31H40/c1-3-5-7-9-11-26-12-14-28(15-13-26)16-17-29-20-24-31(25-21-29)30-22-18-27(19-23-30)10-8-6-4-2/h14,18-26H,3-13,15H2,1-2H3. The quantitative estimate of drug-likeness (QED) is 0.269. The maximum atomic E-state index is 3.44. The van der Waals surface area contributed by atoms with E-state index in [-0.39, 0.29) is 0 Å². The lowest BCUT2D eigenvalue weighted by Crippen LogP contribution is -2.05. The first-order valence-electron chi connectivity index (χ1n) is 12.7. The highest BCUT2D eigenvalue weighted by Gasteiger charge is 2.13. The van der Waals surface area contributed by atoms with Gasteiger partial charge < -0.3 is 0 Å². The van der Waals surface area contributed by atoms with E-state index in [1.165, 1.54) is 92.9 Å². The lowest BCUT2D eigenvalue weighted by atomic mass is 9.86. The van der Waals surface area contributed by atoms with Crippen LogP contribution in [0.15, 0.2) is 60.2 Å². The third-order valence-corrected chi connectivity index (χ3v) is 6.59. The molecule has 2 aromatic carbocycles. The summed E-state index contributed by atoms with van der Waals surface area (Å²) in [4.78, 5) is 0. The second-order valence-electron chi connectivity index (χ2n) is 9.20. The van der Waals surface area contributed by atoms with Crippen molar-refractivity contribution in [2.75, 3.05) is 0 Å². The predicted molar refractivity (Wildman–Crippen MR) is 136 cm³/mol. The summed E-state index contributed by atoms with van der Waals surface area (Å²) in [7, 11) is 0. The molecule has 31 heavy (non-hydrogen) atoms. The molecule has 0 nitrogen and oxygen atoms in total. The van der Waals surface area contributed by atoms with Gasteiger partial charge in [0.1, 0.15) is 0 Å². The van der Waals surface area contributed by atoms with E-state index in [0.29, 0.717) is 0 Å². The highest BCUT2D eigenvalue weighted by Crippen LogP contribution is 2.27. The lowest BCUT2D eigenvalue weighted by Gasteiger charge is -2.19. The number of unbranched alkanes of at least 4 members (excludes halogenated alkanes) is 5. The average Bonchev–Trinajstić information content (AvgIpc) is 2.82. The molecule has 1 atom stereocenters. The fourth-order valence-corrected chi connectivity index (χ4v) is 4.47. The molecule has 0 saturated carbocycles. The number of hydrogen-bond acceptors (Lipinski definition) is 0. The van der Waals surface area contributed by atoms with Crippen LogP contribution in [-0.4, -0.2) is 0 Å². The van der Waals surface area contributed by atoms with Crippen LogP contribution in [0.2, 0.25) is 0 Å². The molecule has 0 aliphatic heterocycles. The maximum absolute atomic E-state index is 3.44. The molecule has 0 heteroatoms. The van der Waals surface area contributed by atoms with Gasteiger partial charge in [-0.3, -0.25) is 0 Å². The fourth-order valence-electron chi connectivity index (χ4n) is 4.47. The van der Waals surface area contributed by atoms with Crippen LogP contribution in [0.1, 0.15) is 95.6 Å². The summed E-state index contributed by atoms with van der Waals surface area (Å²) in [5, 5.41) is 0. The molecule has 0 radical (unpaired) electrons. The number of allylic oxidation sites excluding steroid dienone is 2. The van der Waals surface area contributed by atoms with Crippen LogP contribution in [0.4, 0.5) is 0 Å². The molecule has 1 aliphatic rings. The van der Waals surface area contributed by atoms with Crippen molar-refractivity contribution in [3.8, 4) is 23.0 Å². The number of rotatable bonds is 10. The minimum Gasteiger partial charge on any atom is -0.0726 e. The number of hydrogen-bond donors (Lipinski definition) is 0. The highest BCUT2D eigenvalue weighted by atomic mass is 14.2. The van der Waals surface area contributed by atoms with Crippen molar-refractivity contribution in [3.63, 3.8) is 0 Å². The molecule has 164 valence electrons.